The Balaban J connectivity index is 2.19. The Morgan fingerprint density at radius 3 is 2.87 bits per heavy atom. The van der Waals surface area contributed by atoms with E-state index in [1.54, 1.807) is 11.3 Å². The SMILES string of the molecule is CCCc1nc(C2CC2)sc1CC(=O)O. The fourth-order valence-corrected chi connectivity index (χ4v) is 2.89. The lowest BCUT2D eigenvalue weighted by Crippen LogP contribution is -2.01. The third-order valence-corrected chi connectivity index (χ3v) is 3.78. The number of hydrogen-bond acceptors (Lipinski definition) is 3. The minimum Gasteiger partial charge on any atom is -0.481 e. The summed E-state index contributed by atoms with van der Waals surface area (Å²) in [5, 5.41) is 9.96. The monoisotopic (exact) mass is 225 g/mol. The summed E-state index contributed by atoms with van der Waals surface area (Å²) in [4.78, 5) is 16.2. The van der Waals surface area contributed by atoms with Crippen LogP contribution in [0.25, 0.3) is 0 Å². The van der Waals surface area contributed by atoms with Gasteiger partial charge in [-0.25, -0.2) is 4.98 Å². The molecule has 3 nitrogen and oxygen atoms in total. The van der Waals surface area contributed by atoms with E-state index in [1.165, 1.54) is 12.8 Å². The first-order chi connectivity index (χ1) is 7.20. The Bertz CT molecular complexity index is 369. The van der Waals surface area contributed by atoms with Crippen molar-refractivity contribution in [1.29, 1.82) is 0 Å². The maximum Gasteiger partial charge on any atom is 0.308 e. The van der Waals surface area contributed by atoms with Gasteiger partial charge in [0.1, 0.15) is 0 Å². The number of aryl methyl sites for hydroxylation is 1. The zero-order chi connectivity index (χ0) is 10.8. The number of nitrogens with zero attached hydrogens (tertiary/aromatic N) is 1. The lowest BCUT2D eigenvalue weighted by molar-refractivity contribution is -0.136. The Labute approximate surface area is 93.2 Å². The predicted octanol–water partition coefficient (Wildman–Crippen LogP) is 2.60. The van der Waals surface area contributed by atoms with Crippen LogP contribution in [0.3, 0.4) is 0 Å². The van der Waals surface area contributed by atoms with Crippen molar-refractivity contribution in [1.82, 2.24) is 4.98 Å². The summed E-state index contributed by atoms with van der Waals surface area (Å²) in [5.74, 6) is -0.119. The summed E-state index contributed by atoms with van der Waals surface area (Å²) in [6, 6.07) is 0. The molecule has 0 radical (unpaired) electrons. The fraction of sp³-hybridized carbons (Fsp3) is 0.636. The maximum absolute atomic E-state index is 10.7. The average molecular weight is 225 g/mol. The molecule has 0 unspecified atom stereocenters. The van der Waals surface area contributed by atoms with Crippen LogP contribution in [0.15, 0.2) is 0 Å². The Morgan fingerprint density at radius 2 is 2.33 bits per heavy atom. The van der Waals surface area contributed by atoms with E-state index in [0.717, 1.165) is 28.4 Å². The number of carboxylic acids is 1. The molecule has 2 rings (SSSR count). The predicted molar refractivity (Wildman–Crippen MR) is 59.4 cm³/mol. The van der Waals surface area contributed by atoms with Gasteiger partial charge in [0.15, 0.2) is 0 Å². The molecule has 0 aliphatic heterocycles. The highest BCUT2D eigenvalue weighted by Crippen LogP contribution is 2.42. The van der Waals surface area contributed by atoms with E-state index in [-0.39, 0.29) is 6.42 Å². The summed E-state index contributed by atoms with van der Waals surface area (Å²) in [5.41, 5.74) is 1.02. The van der Waals surface area contributed by atoms with E-state index in [2.05, 4.69) is 11.9 Å². The first-order valence-corrected chi connectivity index (χ1v) is 6.22. The first-order valence-electron chi connectivity index (χ1n) is 5.41. The van der Waals surface area contributed by atoms with Gasteiger partial charge in [0.2, 0.25) is 0 Å². The smallest absolute Gasteiger partial charge is 0.308 e. The van der Waals surface area contributed by atoms with Crippen molar-refractivity contribution in [3.05, 3.63) is 15.6 Å². The molecule has 1 aliphatic carbocycles. The standard InChI is InChI=1S/C11H15NO2S/c1-2-3-8-9(6-10(13)14)15-11(12-8)7-4-5-7/h7H,2-6H2,1H3,(H,13,14). The van der Waals surface area contributed by atoms with Crippen molar-refractivity contribution < 1.29 is 9.90 Å². The van der Waals surface area contributed by atoms with Crippen molar-refractivity contribution in [2.75, 3.05) is 0 Å². The molecule has 1 fully saturated rings. The van der Waals surface area contributed by atoms with Gasteiger partial charge in [-0.05, 0) is 19.3 Å². The van der Waals surface area contributed by atoms with Gasteiger partial charge in [-0.1, -0.05) is 13.3 Å². The summed E-state index contributed by atoms with van der Waals surface area (Å²) in [6.07, 6.45) is 4.53. The number of hydrogen-bond donors (Lipinski definition) is 1. The van der Waals surface area contributed by atoms with Crippen LogP contribution in [0.4, 0.5) is 0 Å². The highest BCUT2D eigenvalue weighted by Gasteiger charge is 2.28. The van der Waals surface area contributed by atoms with Gasteiger partial charge >= 0.3 is 5.97 Å². The summed E-state index contributed by atoms with van der Waals surface area (Å²) in [7, 11) is 0. The van der Waals surface area contributed by atoms with Gasteiger partial charge in [0.05, 0.1) is 17.1 Å². The van der Waals surface area contributed by atoms with Gasteiger partial charge in [0, 0.05) is 10.8 Å². The van der Waals surface area contributed by atoms with Gasteiger partial charge < -0.3 is 5.11 Å². The van der Waals surface area contributed by atoms with Gasteiger partial charge in [0.25, 0.3) is 0 Å². The molecule has 0 spiro atoms. The molecule has 4 heteroatoms. The lowest BCUT2D eigenvalue weighted by Gasteiger charge is -1.95. The highest BCUT2D eigenvalue weighted by molar-refractivity contribution is 7.12. The van der Waals surface area contributed by atoms with Crippen LogP contribution in [-0.2, 0) is 17.6 Å². The molecule has 82 valence electrons. The molecular weight excluding hydrogens is 210 g/mol. The summed E-state index contributed by atoms with van der Waals surface area (Å²) in [6.45, 7) is 2.10. The van der Waals surface area contributed by atoms with Gasteiger partial charge in [-0.15, -0.1) is 11.3 Å². The molecule has 1 aromatic heterocycles. The zero-order valence-electron chi connectivity index (χ0n) is 8.82. The molecule has 0 bridgehead atoms. The molecule has 1 saturated carbocycles. The van der Waals surface area contributed by atoms with Crippen molar-refractivity contribution in [3.8, 4) is 0 Å². The largest absolute Gasteiger partial charge is 0.481 e. The molecule has 0 aromatic carbocycles. The number of aliphatic carboxylic acids is 1. The van der Waals surface area contributed by atoms with Crippen LogP contribution in [0.5, 0.6) is 0 Å². The third-order valence-electron chi connectivity index (χ3n) is 2.52. The van der Waals surface area contributed by atoms with Crippen molar-refractivity contribution in [2.24, 2.45) is 0 Å². The second kappa shape index (κ2) is 4.31. The topological polar surface area (TPSA) is 50.2 Å². The van der Waals surface area contributed by atoms with Crippen LogP contribution >= 0.6 is 11.3 Å². The molecule has 15 heavy (non-hydrogen) atoms. The molecule has 0 amide bonds. The van der Waals surface area contributed by atoms with Crippen molar-refractivity contribution in [2.45, 2.75) is 44.9 Å². The van der Waals surface area contributed by atoms with E-state index >= 15 is 0 Å². The van der Waals surface area contributed by atoms with Crippen LogP contribution in [0, 0.1) is 0 Å². The van der Waals surface area contributed by atoms with Gasteiger partial charge in [-0.2, -0.15) is 0 Å². The number of thiazole rings is 1. The zero-order valence-corrected chi connectivity index (χ0v) is 9.64. The first kappa shape index (κ1) is 10.6. The molecule has 0 saturated heterocycles. The van der Waals surface area contributed by atoms with E-state index in [0.29, 0.717) is 5.92 Å². The molecule has 1 N–H and O–H groups in total. The molecular formula is C11H15NO2S. The van der Waals surface area contributed by atoms with Crippen LogP contribution < -0.4 is 0 Å². The number of aromatic nitrogens is 1. The van der Waals surface area contributed by atoms with E-state index in [9.17, 15) is 4.79 Å². The third kappa shape index (κ3) is 2.56. The second-order valence-corrected chi connectivity index (χ2v) is 5.13. The van der Waals surface area contributed by atoms with E-state index in [1.807, 2.05) is 0 Å². The lowest BCUT2D eigenvalue weighted by atomic mass is 10.2. The second-order valence-electron chi connectivity index (χ2n) is 4.02. The Hall–Kier alpha value is -0.900. The van der Waals surface area contributed by atoms with Crippen LogP contribution in [0.2, 0.25) is 0 Å². The van der Waals surface area contributed by atoms with Gasteiger partial charge in [-0.3, -0.25) is 4.79 Å². The van der Waals surface area contributed by atoms with Crippen LogP contribution in [-0.4, -0.2) is 16.1 Å². The van der Waals surface area contributed by atoms with Crippen molar-refractivity contribution in [3.63, 3.8) is 0 Å². The van der Waals surface area contributed by atoms with Crippen molar-refractivity contribution >= 4 is 17.3 Å². The molecule has 1 aliphatic rings. The van der Waals surface area contributed by atoms with E-state index < -0.39 is 5.97 Å². The number of rotatable bonds is 5. The molecule has 1 heterocycles. The Kier molecular flexibility index (Phi) is 3.05. The molecule has 0 atom stereocenters. The summed E-state index contributed by atoms with van der Waals surface area (Å²) >= 11 is 1.61. The maximum atomic E-state index is 10.7. The number of carbonyl (C=O) groups is 1. The normalized spacial score (nSPS) is 15.5. The quantitative estimate of drug-likeness (QED) is 0.838. The number of carboxylic acid groups (broad SMARTS) is 1. The minimum atomic E-state index is -0.752. The minimum absolute atomic E-state index is 0.139. The van der Waals surface area contributed by atoms with E-state index in [4.69, 9.17) is 5.11 Å². The fourth-order valence-electron chi connectivity index (χ4n) is 1.62. The summed E-state index contributed by atoms with van der Waals surface area (Å²) < 4.78 is 0. The van der Waals surface area contributed by atoms with Crippen LogP contribution in [0.1, 0.15) is 47.7 Å². The molecule has 1 aromatic rings. The highest BCUT2D eigenvalue weighted by atomic mass is 32.1. The average Bonchev–Trinajstić information content (AvgIpc) is 2.92. The Morgan fingerprint density at radius 1 is 1.60 bits per heavy atom.